The Balaban J connectivity index is 1.71. The highest BCUT2D eigenvalue weighted by Crippen LogP contribution is 2.64. The van der Waals surface area contributed by atoms with Crippen molar-refractivity contribution in [3.8, 4) is 0 Å². The van der Waals surface area contributed by atoms with E-state index in [-0.39, 0.29) is 10.8 Å². The SMILES string of the molecule is CC12CCC3C(CC(=O)[C@H]4CCCCC34C)C1CCC2=O. The molecule has 0 aromatic carbocycles. The molecule has 0 bridgehead atoms. The van der Waals surface area contributed by atoms with E-state index in [9.17, 15) is 9.59 Å². The zero-order chi connectivity index (χ0) is 14.8. The number of carbonyl (C=O) groups excluding carboxylic acids is 2. The van der Waals surface area contributed by atoms with E-state index < -0.39 is 0 Å². The minimum atomic E-state index is -0.0979. The number of fused-ring (bicyclic) bond motifs is 5. The lowest BCUT2D eigenvalue weighted by atomic mass is 9.45. The molecular weight excluding hydrogens is 260 g/mol. The van der Waals surface area contributed by atoms with Crippen LogP contribution in [0, 0.1) is 34.5 Å². The number of hydrogen-bond donors (Lipinski definition) is 0. The molecule has 21 heavy (non-hydrogen) atoms. The van der Waals surface area contributed by atoms with Crippen LogP contribution in [-0.4, -0.2) is 11.6 Å². The maximum Gasteiger partial charge on any atom is 0.139 e. The molecular formula is C19H28O2. The molecule has 4 aliphatic carbocycles. The average Bonchev–Trinajstić information content (AvgIpc) is 2.75. The Morgan fingerprint density at radius 1 is 0.952 bits per heavy atom. The van der Waals surface area contributed by atoms with Crippen LogP contribution >= 0.6 is 0 Å². The third-order valence-corrected chi connectivity index (χ3v) is 8.07. The van der Waals surface area contributed by atoms with Gasteiger partial charge in [-0.25, -0.2) is 0 Å². The van der Waals surface area contributed by atoms with E-state index in [1.54, 1.807) is 0 Å². The lowest BCUT2D eigenvalue weighted by Crippen LogP contribution is -2.55. The smallest absolute Gasteiger partial charge is 0.139 e. The maximum atomic E-state index is 12.8. The van der Waals surface area contributed by atoms with Gasteiger partial charge in [-0.3, -0.25) is 9.59 Å². The summed E-state index contributed by atoms with van der Waals surface area (Å²) in [4.78, 5) is 25.1. The topological polar surface area (TPSA) is 34.1 Å². The number of ketones is 2. The molecule has 0 saturated heterocycles. The maximum absolute atomic E-state index is 12.8. The highest BCUT2D eigenvalue weighted by molar-refractivity contribution is 5.88. The molecule has 2 nitrogen and oxygen atoms in total. The van der Waals surface area contributed by atoms with Crippen molar-refractivity contribution >= 4 is 11.6 Å². The van der Waals surface area contributed by atoms with E-state index in [4.69, 9.17) is 0 Å². The van der Waals surface area contributed by atoms with Crippen molar-refractivity contribution in [2.24, 2.45) is 34.5 Å². The van der Waals surface area contributed by atoms with Gasteiger partial charge in [-0.1, -0.05) is 26.7 Å². The van der Waals surface area contributed by atoms with E-state index in [2.05, 4.69) is 13.8 Å². The van der Waals surface area contributed by atoms with E-state index >= 15 is 0 Å². The van der Waals surface area contributed by atoms with Crippen molar-refractivity contribution in [1.29, 1.82) is 0 Å². The summed E-state index contributed by atoms with van der Waals surface area (Å²) in [5.74, 6) is 3.03. The van der Waals surface area contributed by atoms with Crippen LogP contribution in [0.4, 0.5) is 0 Å². The first kappa shape index (κ1) is 14.0. The Labute approximate surface area is 128 Å². The average molecular weight is 288 g/mol. The zero-order valence-corrected chi connectivity index (χ0v) is 13.5. The zero-order valence-electron chi connectivity index (χ0n) is 13.5. The van der Waals surface area contributed by atoms with Crippen molar-refractivity contribution < 1.29 is 9.59 Å². The third kappa shape index (κ3) is 1.71. The second kappa shape index (κ2) is 4.43. The van der Waals surface area contributed by atoms with Gasteiger partial charge in [0.2, 0.25) is 0 Å². The molecule has 0 spiro atoms. The van der Waals surface area contributed by atoms with Gasteiger partial charge in [-0.15, -0.1) is 0 Å². The summed E-state index contributed by atoms with van der Waals surface area (Å²) in [6.45, 7) is 4.61. The summed E-state index contributed by atoms with van der Waals surface area (Å²) in [5.41, 5.74) is 0.143. The number of hydrogen-bond acceptors (Lipinski definition) is 2. The molecule has 0 amide bonds. The summed E-state index contributed by atoms with van der Waals surface area (Å²) in [6.07, 6.45) is 9.74. The molecule has 0 radical (unpaired) electrons. The quantitative estimate of drug-likeness (QED) is 0.670. The van der Waals surface area contributed by atoms with Crippen LogP contribution in [0.25, 0.3) is 0 Å². The first-order valence-electron chi connectivity index (χ1n) is 9.03. The molecule has 4 rings (SSSR count). The van der Waals surface area contributed by atoms with Crippen molar-refractivity contribution in [3.05, 3.63) is 0 Å². The Kier molecular flexibility index (Phi) is 2.94. The first-order chi connectivity index (χ1) is 9.97. The standard InChI is InChI=1S/C19H28O2/c1-18-9-4-3-5-15(18)16(20)11-12-13-6-7-17(21)19(13,2)10-8-14(12)18/h12-15H,3-11H2,1-2H3/t12?,13?,14?,15-,18?,19?/m1/s1. The van der Waals surface area contributed by atoms with Gasteiger partial charge in [0, 0.05) is 24.2 Å². The fourth-order valence-electron chi connectivity index (χ4n) is 6.87. The highest BCUT2D eigenvalue weighted by atomic mass is 16.1. The van der Waals surface area contributed by atoms with Gasteiger partial charge in [0.15, 0.2) is 0 Å². The monoisotopic (exact) mass is 288 g/mol. The van der Waals surface area contributed by atoms with Crippen molar-refractivity contribution in [2.75, 3.05) is 0 Å². The predicted molar refractivity (Wildman–Crippen MR) is 81.7 cm³/mol. The molecule has 0 aromatic rings. The van der Waals surface area contributed by atoms with Crippen molar-refractivity contribution in [3.63, 3.8) is 0 Å². The van der Waals surface area contributed by atoms with Crippen LogP contribution < -0.4 is 0 Å². The van der Waals surface area contributed by atoms with Gasteiger partial charge >= 0.3 is 0 Å². The molecule has 4 aliphatic rings. The Hall–Kier alpha value is -0.660. The summed E-state index contributed by atoms with van der Waals surface area (Å²) < 4.78 is 0. The largest absolute Gasteiger partial charge is 0.299 e. The van der Waals surface area contributed by atoms with Crippen LogP contribution in [0.3, 0.4) is 0 Å². The molecule has 6 atom stereocenters. The van der Waals surface area contributed by atoms with Crippen molar-refractivity contribution in [1.82, 2.24) is 0 Å². The summed E-state index contributed by atoms with van der Waals surface area (Å²) in [7, 11) is 0. The fourth-order valence-corrected chi connectivity index (χ4v) is 6.87. The molecule has 0 heterocycles. The molecule has 4 saturated carbocycles. The fraction of sp³-hybridized carbons (Fsp3) is 0.895. The number of rotatable bonds is 0. The normalized spacial score (nSPS) is 53.0. The Morgan fingerprint density at radius 3 is 2.57 bits per heavy atom. The minimum absolute atomic E-state index is 0.0979. The molecule has 0 aliphatic heterocycles. The molecule has 4 fully saturated rings. The van der Waals surface area contributed by atoms with Crippen LogP contribution in [0.15, 0.2) is 0 Å². The lowest BCUT2D eigenvalue weighted by Gasteiger charge is -2.58. The number of carbonyl (C=O) groups is 2. The lowest BCUT2D eigenvalue weighted by molar-refractivity contribution is -0.155. The molecule has 0 aromatic heterocycles. The van der Waals surface area contributed by atoms with Gasteiger partial charge < -0.3 is 0 Å². The van der Waals surface area contributed by atoms with Gasteiger partial charge in [0.1, 0.15) is 11.6 Å². The van der Waals surface area contributed by atoms with Gasteiger partial charge in [0.25, 0.3) is 0 Å². The van der Waals surface area contributed by atoms with E-state index in [0.717, 1.165) is 32.1 Å². The highest BCUT2D eigenvalue weighted by Gasteiger charge is 2.61. The minimum Gasteiger partial charge on any atom is -0.299 e. The summed E-state index contributed by atoms with van der Waals surface area (Å²) in [5, 5.41) is 0. The molecule has 2 heteroatoms. The van der Waals surface area contributed by atoms with Gasteiger partial charge in [-0.05, 0) is 55.3 Å². The second-order valence-corrected chi connectivity index (χ2v) is 8.77. The molecule has 116 valence electrons. The van der Waals surface area contributed by atoms with Gasteiger partial charge in [-0.2, -0.15) is 0 Å². The van der Waals surface area contributed by atoms with E-state index in [0.29, 0.717) is 35.2 Å². The molecule has 5 unspecified atom stereocenters. The Morgan fingerprint density at radius 2 is 1.76 bits per heavy atom. The van der Waals surface area contributed by atoms with Crippen LogP contribution in [0.1, 0.15) is 71.6 Å². The van der Waals surface area contributed by atoms with E-state index in [1.807, 2.05) is 0 Å². The van der Waals surface area contributed by atoms with Crippen LogP contribution in [-0.2, 0) is 9.59 Å². The third-order valence-electron chi connectivity index (χ3n) is 8.07. The summed E-state index contributed by atoms with van der Waals surface area (Å²) in [6, 6.07) is 0. The Bertz CT molecular complexity index is 496. The second-order valence-electron chi connectivity index (χ2n) is 8.77. The summed E-state index contributed by atoms with van der Waals surface area (Å²) >= 11 is 0. The first-order valence-corrected chi connectivity index (χ1v) is 9.03. The predicted octanol–water partition coefficient (Wildman–Crippen LogP) is 4.17. The van der Waals surface area contributed by atoms with E-state index in [1.165, 1.54) is 25.7 Å². The van der Waals surface area contributed by atoms with Crippen molar-refractivity contribution in [2.45, 2.75) is 71.6 Å². The van der Waals surface area contributed by atoms with Gasteiger partial charge in [0.05, 0.1) is 0 Å². The molecule has 0 N–H and O–H groups in total. The number of Topliss-reactive ketones (excluding diaryl/α,β-unsaturated/α-hetero) is 2. The van der Waals surface area contributed by atoms with Crippen LogP contribution in [0.5, 0.6) is 0 Å². The van der Waals surface area contributed by atoms with Crippen LogP contribution in [0.2, 0.25) is 0 Å².